The fourth-order valence-corrected chi connectivity index (χ4v) is 5.62. The molecule has 1 fully saturated rings. The van der Waals surface area contributed by atoms with Crippen LogP contribution in [0.3, 0.4) is 0 Å². The molecule has 3 aromatic rings. The number of hydrogen-bond acceptors (Lipinski definition) is 5. The molecule has 1 N–H and O–H groups in total. The Morgan fingerprint density at radius 2 is 1.77 bits per heavy atom. The summed E-state index contributed by atoms with van der Waals surface area (Å²) < 4.78 is 32.9. The number of para-hydroxylation sites is 1. The molecule has 2 heterocycles. The van der Waals surface area contributed by atoms with E-state index < -0.39 is 28.1 Å². The number of carbonyl (C=O) groups is 2. The molecule has 31 heavy (non-hydrogen) atoms. The molecule has 8 heteroatoms. The molecule has 1 aromatic heterocycles. The molecular weight excluding hydrogens is 416 g/mol. The maximum absolute atomic E-state index is 13.1. The highest BCUT2D eigenvalue weighted by molar-refractivity contribution is 7.89. The molecule has 2 aromatic carbocycles. The predicted molar refractivity (Wildman–Crippen MR) is 116 cm³/mol. The number of ketones is 1. The highest BCUT2D eigenvalue weighted by Gasteiger charge is 2.39. The van der Waals surface area contributed by atoms with Crippen LogP contribution in [-0.4, -0.2) is 48.2 Å². The lowest BCUT2D eigenvalue weighted by molar-refractivity contribution is -0.151. The van der Waals surface area contributed by atoms with Gasteiger partial charge in [-0.25, -0.2) is 8.42 Å². The minimum atomic E-state index is -3.84. The third-order valence-corrected chi connectivity index (χ3v) is 7.51. The summed E-state index contributed by atoms with van der Waals surface area (Å²) in [6.07, 6.45) is 2.31. The van der Waals surface area contributed by atoms with Crippen molar-refractivity contribution in [2.45, 2.75) is 43.2 Å². The summed E-state index contributed by atoms with van der Waals surface area (Å²) in [5, 5.41) is 0.751. The van der Waals surface area contributed by atoms with Crippen LogP contribution >= 0.6 is 0 Å². The van der Waals surface area contributed by atoms with E-state index in [9.17, 15) is 18.0 Å². The smallest absolute Gasteiger partial charge is 0.325 e. The molecule has 0 unspecified atom stereocenters. The monoisotopic (exact) mass is 440 g/mol. The van der Waals surface area contributed by atoms with Crippen molar-refractivity contribution >= 4 is 32.7 Å². The predicted octanol–water partition coefficient (Wildman–Crippen LogP) is 3.53. The highest BCUT2D eigenvalue weighted by atomic mass is 32.2. The summed E-state index contributed by atoms with van der Waals surface area (Å²) in [5.41, 5.74) is 1.25. The number of H-pyrrole nitrogens is 1. The maximum atomic E-state index is 13.1. The summed E-state index contributed by atoms with van der Waals surface area (Å²) in [5.74, 6) is -1.03. The van der Waals surface area contributed by atoms with E-state index in [2.05, 4.69) is 4.98 Å². The Bertz CT molecular complexity index is 1200. The zero-order chi connectivity index (χ0) is 22.0. The minimum absolute atomic E-state index is 0.137. The average molecular weight is 441 g/mol. The lowest BCUT2D eigenvalue weighted by Gasteiger charge is -2.33. The molecule has 0 radical (unpaired) electrons. The molecule has 1 aliphatic rings. The number of rotatable bonds is 6. The number of aromatic nitrogens is 1. The number of ether oxygens (including phenoxy) is 1. The van der Waals surface area contributed by atoms with Gasteiger partial charge in [-0.1, -0.05) is 36.4 Å². The summed E-state index contributed by atoms with van der Waals surface area (Å²) in [6.45, 7) is 1.75. The van der Waals surface area contributed by atoms with Crippen molar-refractivity contribution in [2.75, 3.05) is 6.54 Å². The first-order valence-corrected chi connectivity index (χ1v) is 11.7. The molecule has 162 valence electrons. The fourth-order valence-electron chi connectivity index (χ4n) is 3.96. The maximum Gasteiger partial charge on any atom is 0.325 e. The molecule has 1 saturated heterocycles. The van der Waals surface area contributed by atoms with Gasteiger partial charge in [0.05, 0.1) is 4.90 Å². The average Bonchev–Trinajstić information content (AvgIpc) is 3.23. The second-order valence-corrected chi connectivity index (χ2v) is 9.52. The van der Waals surface area contributed by atoms with Crippen molar-refractivity contribution in [3.63, 3.8) is 0 Å². The number of carbonyl (C=O) groups excluding carboxylic acids is 2. The van der Waals surface area contributed by atoms with E-state index >= 15 is 0 Å². The molecule has 2 atom stereocenters. The lowest BCUT2D eigenvalue weighted by atomic mass is 10.0. The molecule has 7 nitrogen and oxygen atoms in total. The van der Waals surface area contributed by atoms with Crippen LogP contribution in [0.1, 0.15) is 36.5 Å². The van der Waals surface area contributed by atoms with Gasteiger partial charge in [0.25, 0.3) is 0 Å². The molecule has 4 rings (SSSR count). The van der Waals surface area contributed by atoms with E-state index in [1.54, 1.807) is 24.4 Å². The van der Waals surface area contributed by atoms with Gasteiger partial charge < -0.3 is 9.72 Å². The van der Waals surface area contributed by atoms with E-state index in [1.165, 1.54) is 23.4 Å². The topological polar surface area (TPSA) is 96.5 Å². The van der Waals surface area contributed by atoms with E-state index in [0.29, 0.717) is 24.8 Å². The number of fused-ring (bicyclic) bond motifs is 1. The SMILES string of the molecule is C[C@@H](OC(=O)[C@H]1CCCCN1S(=O)(=O)c1ccccc1)C(=O)c1c[nH]c2ccccc12. The van der Waals surface area contributed by atoms with Gasteiger partial charge in [0.1, 0.15) is 6.04 Å². The Morgan fingerprint density at radius 3 is 2.55 bits per heavy atom. The number of nitrogens with zero attached hydrogens (tertiary/aromatic N) is 1. The van der Waals surface area contributed by atoms with Crippen molar-refractivity contribution in [1.82, 2.24) is 9.29 Å². The Morgan fingerprint density at radius 1 is 1.06 bits per heavy atom. The van der Waals surface area contributed by atoms with E-state index in [0.717, 1.165) is 10.9 Å². The first-order chi connectivity index (χ1) is 14.9. The molecular formula is C23H24N2O5S. The number of sulfonamides is 1. The van der Waals surface area contributed by atoms with Crippen molar-refractivity contribution in [3.8, 4) is 0 Å². The van der Waals surface area contributed by atoms with Crippen LogP contribution in [0.15, 0.2) is 65.7 Å². The Kier molecular flexibility index (Phi) is 5.93. The normalized spacial score (nSPS) is 18.5. The Hall–Kier alpha value is -2.97. The van der Waals surface area contributed by atoms with Crippen LogP contribution in [0.25, 0.3) is 10.9 Å². The molecule has 0 saturated carbocycles. The van der Waals surface area contributed by atoms with Crippen LogP contribution < -0.4 is 0 Å². The van der Waals surface area contributed by atoms with Crippen LogP contribution in [0, 0.1) is 0 Å². The zero-order valence-electron chi connectivity index (χ0n) is 17.2. The second-order valence-electron chi connectivity index (χ2n) is 7.63. The molecule has 0 amide bonds. The number of benzene rings is 2. The summed E-state index contributed by atoms with van der Waals surface area (Å²) in [6, 6.07) is 14.5. The Labute approximate surface area is 181 Å². The number of esters is 1. The van der Waals surface area contributed by atoms with Gasteiger partial charge in [0, 0.05) is 29.2 Å². The van der Waals surface area contributed by atoms with Gasteiger partial charge in [-0.15, -0.1) is 0 Å². The molecule has 0 bridgehead atoms. The van der Waals surface area contributed by atoms with Gasteiger partial charge in [0.15, 0.2) is 6.10 Å². The minimum Gasteiger partial charge on any atom is -0.453 e. The van der Waals surface area contributed by atoms with E-state index in [-0.39, 0.29) is 17.2 Å². The van der Waals surface area contributed by atoms with Gasteiger partial charge >= 0.3 is 5.97 Å². The van der Waals surface area contributed by atoms with E-state index in [1.807, 2.05) is 24.3 Å². The zero-order valence-corrected chi connectivity index (χ0v) is 18.0. The van der Waals surface area contributed by atoms with Crippen LogP contribution in [0.5, 0.6) is 0 Å². The second kappa shape index (κ2) is 8.64. The summed E-state index contributed by atoms with van der Waals surface area (Å²) in [7, 11) is -3.84. The van der Waals surface area contributed by atoms with Crippen LogP contribution in [0.4, 0.5) is 0 Å². The first-order valence-electron chi connectivity index (χ1n) is 10.3. The highest BCUT2D eigenvalue weighted by Crippen LogP contribution is 2.27. The number of Topliss-reactive ketones (excluding diaryl/α,β-unsaturated/α-hetero) is 1. The van der Waals surface area contributed by atoms with Gasteiger partial charge in [-0.2, -0.15) is 4.31 Å². The quantitative estimate of drug-likeness (QED) is 0.467. The molecule has 0 spiro atoms. The summed E-state index contributed by atoms with van der Waals surface area (Å²) in [4.78, 5) is 29.0. The summed E-state index contributed by atoms with van der Waals surface area (Å²) >= 11 is 0. The van der Waals surface area contributed by atoms with Crippen molar-refractivity contribution in [3.05, 3.63) is 66.4 Å². The van der Waals surface area contributed by atoms with E-state index in [4.69, 9.17) is 4.74 Å². The standard InChI is InChI=1S/C23H24N2O5S/c1-16(22(26)19-15-24-20-12-6-5-11-18(19)20)30-23(27)21-13-7-8-14-25(21)31(28,29)17-9-3-2-4-10-17/h2-6,9-12,15-16,21,24H,7-8,13-14H2,1H3/t16-,21-/m1/s1. The van der Waals surface area contributed by atoms with Crippen LogP contribution in [-0.2, 0) is 19.6 Å². The van der Waals surface area contributed by atoms with Crippen molar-refractivity contribution in [2.24, 2.45) is 0 Å². The fraction of sp³-hybridized carbons (Fsp3) is 0.304. The lowest BCUT2D eigenvalue weighted by Crippen LogP contribution is -2.49. The van der Waals surface area contributed by atoms with Crippen LogP contribution in [0.2, 0.25) is 0 Å². The number of piperidine rings is 1. The molecule has 1 aliphatic heterocycles. The van der Waals surface area contributed by atoms with Crippen molar-refractivity contribution in [1.29, 1.82) is 0 Å². The molecule has 0 aliphatic carbocycles. The third kappa shape index (κ3) is 4.13. The number of aromatic amines is 1. The Balaban J connectivity index is 1.53. The number of hydrogen-bond donors (Lipinski definition) is 1. The van der Waals surface area contributed by atoms with Gasteiger partial charge in [-0.3, -0.25) is 9.59 Å². The first kappa shape index (κ1) is 21.3. The largest absolute Gasteiger partial charge is 0.453 e. The van der Waals surface area contributed by atoms with Gasteiger partial charge in [-0.05, 0) is 44.4 Å². The third-order valence-electron chi connectivity index (χ3n) is 5.59. The number of nitrogens with one attached hydrogen (secondary N) is 1. The van der Waals surface area contributed by atoms with Gasteiger partial charge in [0.2, 0.25) is 15.8 Å². The van der Waals surface area contributed by atoms with Crippen molar-refractivity contribution < 1.29 is 22.7 Å².